The second kappa shape index (κ2) is 6.95. The van der Waals surface area contributed by atoms with Crippen molar-refractivity contribution < 1.29 is 4.79 Å². The average molecular weight is 284 g/mol. The molecular weight excluding hydrogens is 264 g/mol. The first kappa shape index (κ1) is 15.1. The topological polar surface area (TPSA) is 80.9 Å². The van der Waals surface area contributed by atoms with Gasteiger partial charge in [0.05, 0.1) is 0 Å². The molecule has 1 heterocycles. The Hall–Kier alpha value is -2.27. The Morgan fingerprint density at radius 2 is 1.81 bits per heavy atom. The molecule has 0 saturated heterocycles. The van der Waals surface area contributed by atoms with Gasteiger partial charge in [-0.25, -0.2) is 9.97 Å². The molecule has 0 fully saturated rings. The standard InChI is InChI=1S/C16H20N4O/c1-11(14-9-18-12(2)19-10-14)8-20-15(16(17)21)13-6-4-3-5-7-13/h3-7,9-11,15,20H,8H2,1-2H3,(H2,17,21). The summed E-state index contributed by atoms with van der Waals surface area (Å²) in [5, 5.41) is 3.22. The first-order chi connectivity index (χ1) is 10.1. The number of carbonyl (C=O) groups excluding carboxylic acids is 1. The molecule has 0 aliphatic rings. The highest BCUT2D eigenvalue weighted by Crippen LogP contribution is 2.16. The van der Waals surface area contributed by atoms with Crippen molar-refractivity contribution in [2.45, 2.75) is 25.8 Å². The van der Waals surface area contributed by atoms with Gasteiger partial charge < -0.3 is 11.1 Å². The van der Waals surface area contributed by atoms with Gasteiger partial charge in [0, 0.05) is 18.9 Å². The predicted octanol–water partition coefficient (Wildman–Crippen LogP) is 1.70. The zero-order chi connectivity index (χ0) is 15.2. The molecule has 2 atom stereocenters. The van der Waals surface area contributed by atoms with Crippen molar-refractivity contribution in [3.8, 4) is 0 Å². The minimum atomic E-state index is -0.486. The number of aromatic nitrogens is 2. The fourth-order valence-corrected chi connectivity index (χ4v) is 2.10. The number of benzene rings is 1. The molecule has 0 radical (unpaired) electrons. The van der Waals surface area contributed by atoms with Crippen molar-refractivity contribution in [1.29, 1.82) is 0 Å². The summed E-state index contributed by atoms with van der Waals surface area (Å²) >= 11 is 0. The van der Waals surface area contributed by atoms with E-state index in [-0.39, 0.29) is 11.8 Å². The van der Waals surface area contributed by atoms with Crippen LogP contribution >= 0.6 is 0 Å². The normalized spacial score (nSPS) is 13.6. The molecule has 0 aliphatic heterocycles. The Kier molecular flexibility index (Phi) is 5.00. The number of aryl methyl sites for hydroxylation is 1. The minimum Gasteiger partial charge on any atom is -0.368 e. The molecule has 0 spiro atoms. The van der Waals surface area contributed by atoms with E-state index in [1.54, 1.807) is 0 Å². The lowest BCUT2D eigenvalue weighted by Crippen LogP contribution is -2.35. The van der Waals surface area contributed by atoms with Crippen LogP contribution in [0.3, 0.4) is 0 Å². The predicted molar refractivity (Wildman–Crippen MR) is 81.6 cm³/mol. The summed E-state index contributed by atoms with van der Waals surface area (Å²) in [6.45, 7) is 4.53. The van der Waals surface area contributed by atoms with Crippen molar-refractivity contribution in [2.75, 3.05) is 6.54 Å². The zero-order valence-corrected chi connectivity index (χ0v) is 12.3. The van der Waals surface area contributed by atoms with Gasteiger partial charge in [-0.05, 0) is 24.0 Å². The Balaban J connectivity index is 2.02. The lowest BCUT2D eigenvalue weighted by molar-refractivity contribution is -0.120. The van der Waals surface area contributed by atoms with Gasteiger partial charge in [0.15, 0.2) is 0 Å². The number of primary amides is 1. The number of nitrogens with one attached hydrogen (secondary N) is 1. The van der Waals surface area contributed by atoms with Crippen LogP contribution in [0.1, 0.15) is 35.8 Å². The third-order valence-electron chi connectivity index (χ3n) is 3.42. The van der Waals surface area contributed by atoms with Crippen LogP contribution in [0.25, 0.3) is 0 Å². The van der Waals surface area contributed by atoms with Gasteiger partial charge in [-0.15, -0.1) is 0 Å². The smallest absolute Gasteiger partial charge is 0.239 e. The molecule has 21 heavy (non-hydrogen) atoms. The Morgan fingerprint density at radius 3 is 2.38 bits per heavy atom. The van der Waals surface area contributed by atoms with Gasteiger partial charge in [0.25, 0.3) is 0 Å². The van der Waals surface area contributed by atoms with Gasteiger partial charge in [-0.1, -0.05) is 37.3 Å². The molecule has 5 nitrogen and oxygen atoms in total. The second-order valence-electron chi connectivity index (χ2n) is 5.12. The number of nitrogens with two attached hydrogens (primary N) is 1. The number of rotatable bonds is 6. The van der Waals surface area contributed by atoms with Crippen LogP contribution in [-0.4, -0.2) is 22.4 Å². The Labute approximate surface area is 124 Å². The fraction of sp³-hybridized carbons (Fsp3) is 0.312. The molecule has 2 unspecified atom stereocenters. The molecule has 0 aliphatic carbocycles. The van der Waals surface area contributed by atoms with Crippen LogP contribution < -0.4 is 11.1 Å². The van der Waals surface area contributed by atoms with E-state index in [9.17, 15) is 4.79 Å². The SMILES string of the molecule is Cc1ncc(C(C)CNC(C(N)=O)c2ccccc2)cn1. The Bertz CT molecular complexity index is 583. The largest absolute Gasteiger partial charge is 0.368 e. The molecule has 3 N–H and O–H groups in total. The van der Waals surface area contributed by atoms with Gasteiger partial charge in [0.1, 0.15) is 11.9 Å². The summed E-state index contributed by atoms with van der Waals surface area (Å²) in [7, 11) is 0. The lowest BCUT2D eigenvalue weighted by Gasteiger charge is -2.19. The quantitative estimate of drug-likeness (QED) is 0.846. The number of hydrogen-bond acceptors (Lipinski definition) is 4. The number of nitrogens with zero attached hydrogens (tertiary/aromatic N) is 2. The van der Waals surface area contributed by atoms with Crippen LogP contribution in [0.5, 0.6) is 0 Å². The highest BCUT2D eigenvalue weighted by molar-refractivity contribution is 5.81. The number of carbonyl (C=O) groups is 1. The minimum absolute atomic E-state index is 0.191. The third kappa shape index (κ3) is 4.10. The van der Waals surface area contributed by atoms with E-state index in [4.69, 9.17) is 5.73 Å². The molecule has 0 saturated carbocycles. The van der Waals surface area contributed by atoms with E-state index in [1.165, 1.54) is 0 Å². The second-order valence-corrected chi connectivity index (χ2v) is 5.12. The first-order valence-electron chi connectivity index (χ1n) is 6.94. The van der Waals surface area contributed by atoms with Crippen LogP contribution in [0.15, 0.2) is 42.7 Å². The monoisotopic (exact) mass is 284 g/mol. The van der Waals surface area contributed by atoms with E-state index in [1.807, 2.05) is 49.6 Å². The summed E-state index contributed by atoms with van der Waals surface area (Å²) < 4.78 is 0. The molecule has 1 aromatic carbocycles. The van der Waals surface area contributed by atoms with Crippen molar-refractivity contribution in [3.05, 3.63) is 59.7 Å². The summed E-state index contributed by atoms with van der Waals surface area (Å²) in [4.78, 5) is 20.0. The number of hydrogen-bond donors (Lipinski definition) is 2. The highest BCUT2D eigenvalue weighted by Gasteiger charge is 2.18. The maximum atomic E-state index is 11.6. The van der Waals surface area contributed by atoms with E-state index in [0.29, 0.717) is 6.54 Å². The van der Waals surface area contributed by atoms with E-state index in [2.05, 4.69) is 22.2 Å². The van der Waals surface area contributed by atoms with Crippen LogP contribution in [0.4, 0.5) is 0 Å². The average Bonchev–Trinajstić information content (AvgIpc) is 2.48. The van der Waals surface area contributed by atoms with Crippen molar-refractivity contribution in [2.24, 2.45) is 5.73 Å². The number of amides is 1. The summed E-state index contributed by atoms with van der Waals surface area (Å²) in [6, 6.07) is 8.99. The Morgan fingerprint density at radius 1 is 1.19 bits per heavy atom. The molecule has 5 heteroatoms. The van der Waals surface area contributed by atoms with E-state index in [0.717, 1.165) is 17.0 Å². The summed E-state index contributed by atoms with van der Waals surface area (Å²) in [5.41, 5.74) is 7.39. The summed E-state index contributed by atoms with van der Waals surface area (Å²) in [5.74, 6) is 0.558. The maximum absolute atomic E-state index is 11.6. The fourth-order valence-electron chi connectivity index (χ4n) is 2.10. The molecule has 2 rings (SSSR count). The van der Waals surface area contributed by atoms with Crippen LogP contribution in [-0.2, 0) is 4.79 Å². The molecule has 110 valence electrons. The van der Waals surface area contributed by atoms with Gasteiger partial charge >= 0.3 is 0 Å². The molecule has 1 aromatic heterocycles. The molecular formula is C16H20N4O. The van der Waals surface area contributed by atoms with Gasteiger partial charge in [-0.2, -0.15) is 0 Å². The van der Waals surface area contributed by atoms with Gasteiger partial charge in [-0.3, -0.25) is 4.79 Å². The van der Waals surface area contributed by atoms with E-state index < -0.39 is 6.04 Å². The maximum Gasteiger partial charge on any atom is 0.239 e. The molecule has 2 aromatic rings. The van der Waals surface area contributed by atoms with Crippen molar-refractivity contribution in [1.82, 2.24) is 15.3 Å². The molecule has 0 bridgehead atoms. The van der Waals surface area contributed by atoms with E-state index >= 15 is 0 Å². The zero-order valence-electron chi connectivity index (χ0n) is 12.3. The summed E-state index contributed by atoms with van der Waals surface area (Å²) in [6.07, 6.45) is 3.63. The molecule has 1 amide bonds. The van der Waals surface area contributed by atoms with Crippen molar-refractivity contribution in [3.63, 3.8) is 0 Å². The third-order valence-corrected chi connectivity index (χ3v) is 3.42. The van der Waals surface area contributed by atoms with Gasteiger partial charge in [0.2, 0.25) is 5.91 Å². The van der Waals surface area contributed by atoms with Crippen molar-refractivity contribution >= 4 is 5.91 Å². The van der Waals surface area contributed by atoms with Crippen LogP contribution in [0, 0.1) is 6.92 Å². The van der Waals surface area contributed by atoms with Crippen LogP contribution in [0.2, 0.25) is 0 Å². The highest BCUT2D eigenvalue weighted by atomic mass is 16.1. The first-order valence-corrected chi connectivity index (χ1v) is 6.94. The lowest BCUT2D eigenvalue weighted by atomic mass is 10.0.